The molecule has 2 heterocycles. The summed E-state index contributed by atoms with van der Waals surface area (Å²) in [6.45, 7) is -0.414. The van der Waals surface area contributed by atoms with Gasteiger partial charge in [-0.25, -0.2) is 17.6 Å². The molecule has 0 radical (unpaired) electrons. The average Bonchev–Trinajstić information content (AvgIpc) is 3.41. The predicted molar refractivity (Wildman–Crippen MR) is 125 cm³/mol. The van der Waals surface area contributed by atoms with Crippen molar-refractivity contribution in [2.45, 2.75) is 29.2 Å². The Morgan fingerprint density at radius 2 is 1.71 bits per heavy atom. The highest BCUT2D eigenvalue weighted by atomic mass is 35.5. The van der Waals surface area contributed by atoms with E-state index in [4.69, 9.17) is 27.6 Å². The van der Waals surface area contributed by atoms with Crippen molar-refractivity contribution >= 4 is 46.6 Å². The smallest absolute Gasteiger partial charge is 0.291 e. The maximum atomic E-state index is 13.4. The van der Waals surface area contributed by atoms with Crippen LogP contribution in [0.15, 0.2) is 74.9 Å². The first-order valence-corrected chi connectivity index (χ1v) is 11.5. The summed E-state index contributed by atoms with van der Waals surface area (Å²) in [7, 11) is 0. The van der Waals surface area contributed by atoms with Gasteiger partial charge in [-0.1, -0.05) is 47.1 Å². The fraction of sp³-hybridized carbons (Fsp3) is 0.130. The Labute approximate surface area is 211 Å². The van der Waals surface area contributed by atoms with E-state index in [1.54, 1.807) is 24.3 Å². The minimum absolute atomic E-state index is 0.0563. The summed E-state index contributed by atoms with van der Waals surface area (Å²) in [4.78, 5) is 14.4. The van der Waals surface area contributed by atoms with E-state index in [9.17, 15) is 22.4 Å². The van der Waals surface area contributed by atoms with Gasteiger partial charge in [-0.2, -0.15) is 5.10 Å². The van der Waals surface area contributed by atoms with Gasteiger partial charge >= 0.3 is 0 Å². The van der Waals surface area contributed by atoms with Crippen LogP contribution in [0.5, 0.6) is 0 Å². The number of halogens is 6. The van der Waals surface area contributed by atoms with Crippen LogP contribution in [0.4, 0.5) is 23.2 Å². The van der Waals surface area contributed by atoms with Crippen LogP contribution in [0.3, 0.4) is 0 Å². The number of aromatic nitrogens is 2. The third-order valence-corrected chi connectivity index (χ3v) is 6.46. The number of hydrogen-bond acceptors (Lipinski definition) is 4. The Morgan fingerprint density at radius 3 is 2.40 bits per heavy atom. The van der Waals surface area contributed by atoms with Crippen LogP contribution in [0.1, 0.15) is 40.6 Å². The summed E-state index contributed by atoms with van der Waals surface area (Å²) in [6, 6.07) is 17.0. The zero-order valence-electron chi connectivity index (χ0n) is 17.5. The standard InChI is InChI=1S/C23H15Cl2F4N3O2S/c24-12-5-8-14(9-6-12)35-17-4-2-1-3-15(17)30-23(33)16-10-7-13(34-16)11-32-20(22(28)29)18(25)19(31-32)21(26)27/h1-10,21-22H,11H2,(H,30,33). The Balaban J connectivity index is 1.50. The van der Waals surface area contributed by atoms with E-state index >= 15 is 0 Å². The van der Waals surface area contributed by atoms with Crippen LogP contribution in [-0.2, 0) is 6.54 Å². The van der Waals surface area contributed by atoms with E-state index in [2.05, 4.69) is 10.4 Å². The molecule has 2 aromatic heterocycles. The molecule has 0 fully saturated rings. The molecule has 0 saturated carbocycles. The van der Waals surface area contributed by atoms with Gasteiger partial charge in [-0.05, 0) is 48.5 Å². The number of hydrogen-bond donors (Lipinski definition) is 1. The number of nitrogens with zero attached hydrogens (tertiary/aromatic N) is 2. The molecule has 182 valence electrons. The van der Waals surface area contributed by atoms with Crippen LogP contribution in [0.2, 0.25) is 10.0 Å². The van der Waals surface area contributed by atoms with Crippen molar-refractivity contribution in [2.24, 2.45) is 0 Å². The number of furan rings is 1. The number of anilines is 1. The first kappa shape index (κ1) is 25.2. The first-order valence-electron chi connectivity index (χ1n) is 9.98. The number of alkyl halides is 4. The van der Waals surface area contributed by atoms with Gasteiger partial charge in [0.1, 0.15) is 17.1 Å². The van der Waals surface area contributed by atoms with Crippen molar-refractivity contribution in [2.75, 3.05) is 5.32 Å². The van der Waals surface area contributed by atoms with Crippen molar-refractivity contribution in [1.82, 2.24) is 9.78 Å². The van der Waals surface area contributed by atoms with Gasteiger partial charge < -0.3 is 9.73 Å². The fourth-order valence-electron chi connectivity index (χ4n) is 3.15. The molecule has 35 heavy (non-hydrogen) atoms. The highest BCUT2D eigenvalue weighted by Gasteiger charge is 2.28. The van der Waals surface area contributed by atoms with Crippen LogP contribution in [0, 0.1) is 0 Å². The summed E-state index contributed by atoms with van der Waals surface area (Å²) in [6.07, 6.45) is -6.25. The molecule has 0 atom stereocenters. The number of carbonyl (C=O) groups is 1. The monoisotopic (exact) mass is 543 g/mol. The Morgan fingerprint density at radius 1 is 1.00 bits per heavy atom. The molecule has 4 aromatic rings. The third-order valence-electron chi connectivity index (χ3n) is 4.74. The average molecular weight is 544 g/mol. The molecule has 0 aliphatic rings. The molecule has 0 aliphatic carbocycles. The number of carbonyl (C=O) groups excluding carboxylic acids is 1. The van der Waals surface area contributed by atoms with Crippen molar-refractivity contribution in [3.8, 4) is 0 Å². The normalized spacial score (nSPS) is 11.4. The van der Waals surface area contributed by atoms with Gasteiger partial charge in [-0.3, -0.25) is 9.48 Å². The second-order valence-electron chi connectivity index (χ2n) is 7.12. The minimum Gasteiger partial charge on any atom is -0.454 e. The van der Waals surface area contributed by atoms with E-state index in [1.165, 1.54) is 23.9 Å². The van der Waals surface area contributed by atoms with Gasteiger partial charge in [0, 0.05) is 14.8 Å². The summed E-state index contributed by atoms with van der Waals surface area (Å²) < 4.78 is 58.9. The highest BCUT2D eigenvalue weighted by molar-refractivity contribution is 7.99. The van der Waals surface area contributed by atoms with Crippen LogP contribution < -0.4 is 5.32 Å². The molecule has 0 bridgehead atoms. The topological polar surface area (TPSA) is 60.1 Å². The van der Waals surface area contributed by atoms with E-state index in [0.29, 0.717) is 15.4 Å². The lowest BCUT2D eigenvalue weighted by Gasteiger charge is -2.10. The number of benzene rings is 2. The molecular weight excluding hydrogens is 529 g/mol. The first-order chi connectivity index (χ1) is 16.7. The lowest BCUT2D eigenvalue weighted by atomic mass is 10.3. The summed E-state index contributed by atoms with van der Waals surface area (Å²) >= 11 is 13.0. The third kappa shape index (κ3) is 5.83. The Hall–Kier alpha value is -2.95. The molecule has 2 aromatic carbocycles. The van der Waals surface area contributed by atoms with Crippen LogP contribution >= 0.6 is 35.0 Å². The minimum atomic E-state index is -3.13. The lowest BCUT2D eigenvalue weighted by Crippen LogP contribution is -2.11. The molecule has 0 spiro atoms. The Kier molecular flexibility index (Phi) is 7.73. The zero-order valence-corrected chi connectivity index (χ0v) is 19.9. The van der Waals surface area contributed by atoms with Crippen molar-refractivity contribution < 1.29 is 26.8 Å². The fourth-order valence-corrected chi connectivity index (χ4v) is 4.47. The number of amides is 1. The lowest BCUT2D eigenvalue weighted by molar-refractivity contribution is 0.0993. The molecule has 1 N–H and O–H groups in total. The molecule has 0 aliphatic heterocycles. The van der Waals surface area contributed by atoms with E-state index in [1.807, 2.05) is 24.3 Å². The van der Waals surface area contributed by atoms with E-state index in [-0.39, 0.29) is 11.5 Å². The van der Waals surface area contributed by atoms with Gasteiger partial charge in [-0.15, -0.1) is 0 Å². The van der Waals surface area contributed by atoms with E-state index < -0.39 is 41.7 Å². The van der Waals surface area contributed by atoms with Crippen LogP contribution in [-0.4, -0.2) is 15.7 Å². The van der Waals surface area contributed by atoms with Crippen LogP contribution in [0.25, 0.3) is 0 Å². The predicted octanol–water partition coefficient (Wildman–Crippen LogP) is 8.11. The maximum absolute atomic E-state index is 13.4. The SMILES string of the molecule is O=C(Nc1ccccc1Sc1ccc(Cl)cc1)c1ccc(Cn2nc(C(F)F)c(Cl)c2C(F)F)o1. The van der Waals surface area contributed by atoms with Gasteiger partial charge in [0.05, 0.1) is 17.3 Å². The highest BCUT2D eigenvalue weighted by Crippen LogP contribution is 2.36. The van der Waals surface area contributed by atoms with Gasteiger partial charge in [0.25, 0.3) is 18.8 Å². The molecule has 0 unspecified atom stereocenters. The summed E-state index contributed by atoms with van der Waals surface area (Å²) in [5, 5.41) is 6.05. The second-order valence-corrected chi connectivity index (χ2v) is 9.05. The molecule has 5 nitrogen and oxygen atoms in total. The second kappa shape index (κ2) is 10.8. The molecule has 0 saturated heterocycles. The number of para-hydroxylation sites is 1. The maximum Gasteiger partial charge on any atom is 0.291 e. The quantitative estimate of drug-likeness (QED) is 0.228. The zero-order chi connectivity index (χ0) is 25.1. The summed E-state index contributed by atoms with van der Waals surface area (Å²) in [5.74, 6) is -0.626. The van der Waals surface area contributed by atoms with Gasteiger partial charge in [0.2, 0.25) is 0 Å². The van der Waals surface area contributed by atoms with Crippen molar-refractivity contribution in [1.29, 1.82) is 0 Å². The van der Waals surface area contributed by atoms with E-state index in [0.717, 1.165) is 9.79 Å². The Bertz CT molecular complexity index is 1340. The van der Waals surface area contributed by atoms with Crippen molar-refractivity contribution in [3.63, 3.8) is 0 Å². The number of nitrogens with one attached hydrogen (secondary N) is 1. The molecular formula is C23H15Cl2F4N3O2S. The largest absolute Gasteiger partial charge is 0.454 e. The number of rotatable bonds is 8. The van der Waals surface area contributed by atoms with Gasteiger partial charge in [0.15, 0.2) is 5.76 Å². The molecule has 12 heteroatoms. The molecule has 1 amide bonds. The summed E-state index contributed by atoms with van der Waals surface area (Å²) in [5.41, 5.74) is -1.27. The molecule has 4 rings (SSSR count). The van der Waals surface area contributed by atoms with Crippen molar-refractivity contribution in [3.05, 3.63) is 93.6 Å².